The number of hydrogen-bond acceptors (Lipinski definition) is 4. The molecule has 0 radical (unpaired) electrons. The van der Waals surface area contributed by atoms with Crippen LogP contribution in [0.4, 0.5) is 0 Å². The zero-order chi connectivity index (χ0) is 13.4. The smallest absolute Gasteiger partial charge is 0.206 e. The lowest BCUT2D eigenvalue weighted by Gasteiger charge is -2.33. The van der Waals surface area contributed by atoms with E-state index in [-0.39, 0.29) is 4.21 Å². The Kier molecular flexibility index (Phi) is 3.70. The lowest BCUT2D eigenvalue weighted by Crippen LogP contribution is -2.41. The minimum atomic E-state index is -3.44. The molecule has 0 N–H and O–H groups in total. The van der Waals surface area contributed by atoms with E-state index in [9.17, 15) is 8.42 Å². The molecule has 2 heterocycles. The van der Waals surface area contributed by atoms with E-state index in [1.165, 1.54) is 10.4 Å². The molecule has 2 rings (SSSR count). The zero-order valence-corrected chi connectivity index (χ0v) is 12.3. The largest absolute Gasteiger partial charge is 0.252 e. The molecule has 0 unspecified atom stereocenters. The summed E-state index contributed by atoms with van der Waals surface area (Å²) in [6, 6.07) is 5.37. The average Bonchev–Trinajstić information content (AvgIpc) is 2.77. The van der Waals surface area contributed by atoms with Crippen molar-refractivity contribution in [1.29, 1.82) is 5.26 Å². The number of hydrogen-bond donors (Lipinski definition) is 0. The summed E-state index contributed by atoms with van der Waals surface area (Å²) in [5, 5.41) is 9.03. The summed E-state index contributed by atoms with van der Waals surface area (Å²) in [4.78, 5) is 0. The van der Waals surface area contributed by atoms with Gasteiger partial charge in [-0.25, -0.2) is 8.42 Å². The van der Waals surface area contributed by atoms with Crippen LogP contribution >= 0.6 is 22.9 Å². The van der Waals surface area contributed by atoms with Crippen molar-refractivity contribution in [2.75, 3.05) is 13.1 Å². The molecule has 1 fully saturated rings. The molecule has 0 saturated carbocycles. The highest BCUT2D eigenvalue weighted by Gasteiger charge is 2.35. The summed E-state index contributed by atoms with van der Waals surface area (Å²) in [5.74, 6) is 0. The first-order valence-corrected chi connectivity index (χ1v) is 8.18. The van der Waals surface area contributed by atoms with Gasteiger partial charge >= 0.3 is 0 Å². The van der Waals surface area contributed by atoms with Crippen LogP contribution in [0.5, 0.6) is 0 Å². The Bertz CT molecular complexity index is 580. The average molecular weight is 305 g/mol. The number of halogens is 1. The van der Waals surface area contributed by atoms with Crippen molar-refractivity contribution >= 4 is 33.0 Å². The van der Waals surface area contributed by atoms with E-state index in [1.807, 2.05) is 6.92 Å². The summed E-state index contributed by atoms with van der Waals surface area (Å²) in [5.41, 5.74) is -0.404. The van der Waals surface area contributed by atoms with Crippen LogP contribution in [0.3, 0.4) is 0 Å². The fourth-order valence-corrected chi connectivity index (χ4v) is 4.97. The maximum absolute atomic E-state index is 12.3. The fourth-order valence-electron chi connectivity index (χ4n) is 1.90. The summed E-state index contributed by atoms with van der Waals surface area (Å²) in [6.07, 6.45) is 1.14. The van der Waals surface area contributed by atoms with Crippen molar-refractivity contribution in [2.24, 2.45) is 5.41 Å². The van der Waals surface area contributed by atoms with Crippen molar-refractivity contribution in [1.82, 2.24) is 4.31 Å². The number of thiophene rings is 1. The van der Waals surface area contributed by atoms with E-state index in [2.05, 4.69) is 6.07 Å². The van der Waals surface area contributed by atoms with Gasteiger partial charge in [0, 0.05) is 13.1 Å². The first-order chi connectivity index (χ1) is 8.37. The van der Waals surface area contributed by atoms with Crippen LogP contribution in [0.1, 0.15) is 19.8 Å². The van der Waals surface area contributed by atoms with Crippen LogP contribution in [0, 0.1) is 16.7 Å². The van der Waals surface area contributed by atoms with Gasteiger partial charge in [-0.1, -0.05) is 11.6 Å². The summed E-state index contributed by atoms with van der Waals surface area (Å²) in [6.45, 7) is 2.66. The van der Waals surface area contributed by atoms with Gasteiger partial charge in [-0.2, -0.15) is 9.57 Å². The second-order valence-corrected chi connectivity index (χ2v) is 8.51. The molecule has 1 aromatic rings. The lowest BCUT2D eigenvalue weighted by atomic mass is 9.83. The molecule has 0 spiro atoms. The highest BCUT2D eigenvalue weighted by atomic mass is 35.5. The molecule has 0 bridgehead atoms. The first-order valence-electron chi connectivity index (χ1n) is 5.54. The van der Waals surface area contributed by atoms with Crippen LogP contribution in [0.15, 0.2) is 16.3 Å². The van der Waals surface area contributed by atoms with E-state index in [4.69, 9.17) is 16.9 Å². The van der Waals surface area contributed by atoms with E-state index >= 15 is 0 Å². The third-order valence-corrected chi connectivity index (χ3v) is 6.84. The highest BCUT2D eigenvalue weighted by Crippen LogP contribution is 2.34. The Morgan fingerprint density at radius 1 is 1.44 bits per heavy atom. The van der Waals surface area contributed by atoms with E-state index in [0.29, 0.717) is 30.3 Å². The number of nitriles is 1. The monoisotopic (exact) mass is 304 g/mol. The molecular weight excluding hydrogens is 292 g/mol. The zero-order valence-electron chi connectivity index (χ0n) is 9.89. The van der Waals surface area contributed by atoms with Gasteiger partial charge < -0.3 is 0 Å². The van der Waals surface area contributed by atoms with Crippen molar-refractivity contribution in [3.63, 3.8) is 0 Å². The van der Waals surface area contributed by atoms with Crippen molar-refractivity contribution < 1.29 is 8.42 Å². The van der Waals surface area contributed by atoms with Crippen molar-refractivity contribution in [3.05, 3.63) is 16.5 Å². The molecule has 1 aliphatic heterocycles. The Labute approximate surface area is 116 Å². The molecule has 0 aliphatic carbocycles. The molecule has 0 amide bonds. The van der Waals surface area contributed by atoms with Gasteiger partial charge in [-0.05, 0) is 31.9 Å². The number of nitrogens with zero attached hydrogens (tertiary/aromatic N) is 2. The highest BCUT2D eigenvalue weighted by molar-refractivity contribution is 7.91. The summed E-state index contributed by atoms with van der Waals surface area (Å²) in [7, 11) is -3.44. The fraction of sp³-hybridized carbons (Fsp3) is 0.545. The molecular formula is C11H13ClN2O2S2. The normalized spacial score (nSPS) is 20.5. The molecule has 0 atom stereocenters. The Morgan fingerprint density at radius 2 is 2.06 bits per heavy atom. The maximum atomic E-state index is 12.3. The number of rotatable bonds is 2. The van der Waals surface area contributed by atoms with Crippen LogP contribution in [-0.4, -0.2) is 25.8 Å². The predicted molar refractivity (Wildman–Crippen MR) is 71.0 cm³/mol. The van der Waals surface area contributed by atoms with Gasteiger partial charge in [0.25, 0.3) is 10.0 Å². The maximum Gasteiger partial charge on any atom is 0.252 e. The van der Waals surface area contributed by atoms with Crippen LogP contribution < -0.4 is 0 Å². The minimum Gasteiger partial charge on any atom is -0.206 e. The van der Waals surface area contributed by atoms with Crippen LogP contribution in [0.25, 0.3) is 0 Å². The number of sulfonamides is 1. The van der Waals surface area contributed by atoms with Crippen molar-refractivity contribution in [2.45, 2.75) is 24.0 Å². The van der Waals surface area contributed by atoms with Gasteiger partial charge in [0.1, 0.15) is 4.21 Å². The summed E-state index contributed by atoms with van der Waals surface area (Å²) >= 11 is 6.83. The Balaban J connectivity index is 2.17. The first kappa shape index (κ1) is 13.8. The molecule has 1 saturated heterocycles. The van der Waals surface area contributed by atoms with Crippen LogP contribution in [-0.2, 0) is 10.0 Å². The predicted octanol–water partition coefficient (Wildman–Crippen LogP) is 2.72. The Hall–Kier alpha value is -0.610. The van der Waals surface area contributed by atoms with E-state index in [0.717, 1.165) is 11.3 Å². The Morgan fingerprint density at radius 3 is 2.50 bits per heavy atom. The van der Waals surface area contributed by atoms with E-state index in [1.54, 1.807) is 6.07 Å². The molecule has 18 heavy (non-hydrogen) atoms. The second-order valence-electron chi connectivity index (χ2n) is 4.64. The van der Waals surface area contributed by atoms with Gasteiger partial charge in [0.15, 0.2) is 0 Å². The second kappa shape index (κ2) is 4.82. The molecule has 7 heteroatoms. The standard InChI is InChI=1S/C11H13ClN2O2S2/c1-11(8-13)4-6-14(7-5-11)18(15,16)10-3-2-9(12)17-10/h2-3H,4-7H2,1H3. The quantitative estimate of drug-likeness (QED) is 0.844. The third-order valence-electron chi connectivity index (χ3n) is 3.24. The molecule has 98 valence electrons. The number of piperidine rings is 1. The molecule has 1 aliphatic rings. The molecule has 1 aromatic heterocycles. The van der Waals surface area contributed by atoms with Gasteiger partial charge in [0.05, 0.1) is 15.8 Å². The van der Waals surface area contributed by atoms with Crippen molar-refractivity contribution in [3.8, 4) is 6.07 Å². The van der Waals surface area contributed by atoms with Crippen LogP contribution in [0.2, 0.25) is 4.34 Å². The van der Waals surface area contributed by atoms with Gasteiger partial charge in [-0.3, -0.25) is 0 Å². The molecule has 0 aromatic carbocycles. The SMILES string of the molecule is CC1(C#N)CCN(S(=O)(=O)c2ccc(Cl)s2)CC1. The third kappa shape index (κ3) is 2.54. The summed E-state index contributed by atoms with van der Waals surface area (Å²) < 4.78 is 26.8. The van der Waals surface area contributed by atoms with E-state index < -0.39 is 15.4 Å². The minimum absolute atomic E-state index is 0.271. The van der Waals surface area contributed by atoms with Gasteiger partial charge in [0.2, 0.25) is 0 Å². The topological polar surface area (TPSA) is 61.2 Å². The molecule has 4 nitrogen and oxygen atoms in total. The lowest BCUT2D eigenvalue weighted by molar-refractivity contribution is 0.232. The van der Waals surface area contributed by atoms with Gasteiger partial charge in [-0.15, -0.1) is 11.3 Å².